The van der Waals surface area contributed by atoms with Crippen LogP contribution in [0.15, 0.2) is 23.8 Å². The molecule has 0 aromatic carbocycles. The zero-order valence-corrected chi connectivity index (χ0v) is 8.56. The van der Waals surface area contributed by atoms with Gasteiger partial charge in [-0.3, -0.25) is 0 Å². The Morgan fingerprint density at radius 1 is 1.58 bits per heavy atom. The van der Waals surface area contributed by atoms with E-state index in [1.165, 1.54) is 11.3 Å². The largest absolute Gasteiger partial charge is 0.373 e. The molecule has 2 heteroatoms. The highest BCUT2D eigenvalue weighted by Gasteiger charge is 1.99. The molecule has 0 aromatic rings. The van der Waals surface area contributed by atoms with Crippen molar-refractivity contribution in [1.29, 1.82) is 0 Å². The quantitative estimate of drug-likeness (QED) is 0.535. The van der Waals surface area contributed by atoms with E-state index in [1.807, 2.05) is 11.8 Å². The van der Waals surface area contributed by atoms with Gasteiger partial charge in [-0.2, -0.15) is 11.8 Å². The van der Waals surface area contributed by atoms with Crippen molar-refractivity contribution in [2.45, 2.75) is 19.1 Å². The molecular weight excluding hydrogens is 168 g/mol. The Kier molecular flexibility index (Phi) is 4.48. The highest BCUT2D eigenvalue weighted by atomic mass is 32.2. The van der Waals surface area contributed by atoms with Crippen molar-refractivity contribution < 1.29 is 4.74 Å². The molecule has 0 radical (unpaired) electrons. The molecule has 0 aromatic heterocycles. The van der Waals surface area contributed by atoms with Crippen molar-refractivity contribution in [3.05, 3.63) is 23.8 Å². The van der Waals surface area contributed by atoms with E-state index in [9.17, 15) is 0 Å². The van der Waals surface area contributed by atoms with Crippen molar-refractivity contribution >= 4 is 11.8 Å². The number of hydrogen-bond acceptors (Lipinski definition) is 2. The molecule has 0 spiro atoms. The molecule has 0 fully saturated rings. The first kappa shape index (κ1) is 9.87. The van der Waals surface area contributed by atoms with Gasteiger partial charge < -0.3 is 4.74 Å². The average Bonchev–Trinajstić information content (AvgIpc) is 2.63. The third kappa shape index (κ3) is 3.98. The number of ether oxygens (including phenoxy) is 1. The molecule has 2 aliphatic rings. The van der Waals surface area contributed by atoms with Gasteiger partial charge in [0, 0.05) is 11.0 Å². The molecule has 0 bridgehead atoms. The first-order valence-electron chi connectivity index (χ1n) is 4.30. The van der Waals surface area contributed by atoms with Crippen molar-refractivity contribution in [3.8, 4) is 0 Å². The van der Waals surface area contributed by atoms with Crippen molar-refractivity contribution in [3.63, 3.8) is 0 Å². The van der Waals surface area contributed by atoms with Crippen LogP contribution in [0.2, 0.25) is 0 Å². The fourth-order valence-corrected chi connectivity index (χ4v) is 1.74. The first-order valence-corrected chi connectivity index (χ1v) is 5.35. The Balaban J connectivity index is 0.000000120. The molecule has 1 nitrogen and oxygen atoms in total. The van der Waals surface area contributed by atoms with E-state index in [1.54, 1.807) is 0 Å². The normalized spacial score (nSPS) is 26.5. The minimum absolute atomic E-state index is 0.782. The zero-order valence-electron chi connectivity index (χ0n) is 7.75. The number of thioether (sulfide) groups is 1. The Morgan fingerprint density at radius 2 is 2.42 bits per heavy atom. The van der Waals surface area contributed by atoms with Crippen LogP contribution in [0, 0.1) is 0 Å². The maximum atomic E-state index is 4.96. The molecule has 1 unspecified atom stereocenters. The lowest BCUT2D eigenvalue weighted by molar-refractivity contribution is 0.208. The van der Waals surface area contributed by atoms with Crippen LogP contribution < -0.4 is 0 Å². The van der Waals surface area contributed by atoms with Crippen molar-refractivity contribution in [2.75, 3.05) is 19.0 Å². The molecular formula is C10H16OS. The third-order valence-electron chi connectivity index (χ3n) is 1.74. The lowest BCUT2D eigenvalue weighted by atomic mass is 10.3. The van der Waals surface area contributed by atoms with E-state index >= 15 is 0 Å². The maximum absolute atomic E-state index is 4.96. The predicted octanol–water partition coefficient (Wildman–Crippen LogP) is 2.64. The summed E-state index contributed by atoms with van der Waals surface area (Å²) in [5, 5.41) is 0.782. The summed E-state index contributed by atoms with van der Waals surface area (Å²) in [5.74, 6) is 1.22. The number of hydrogen-bond donors (Lipinski definition) is 0. The van der Waals surface area contributed by atoms with Gasteiger partial charge in [-0.1, -0.05) is 18.2 Å². The molecule has 2 rings (SSSR count). The molecule has 0 amide bonds. The molecule has 0 N–H and O–H groups in total. The van der Waals surface area contributed by atoms with E-state index in [4.69, 9.17) is 4.74 Å². The highest BCUT2D eigenvalue weighted by molar-refractivity contribution is 8.00. The lowest BCUT2D eigenvalue weighted by Crippen LogP contribution is -1.80. The second-order valence-electron chi connectivity index (χ2n) is 3.03. The summed E-state index contributed by atoms with van der Waals surface area (Å²) < 4.78 is 4.96. The zero-order chi connectivity index (χ0) is 8.81. The first-order chi connectivity index (χ1) is 5.79. The highest BCUT2D eigenvalue weighted by Crippen LogP contribution is 2.17. The summed E-state index contributed by atoms with van der Waals surface area (Å²) in [4.78, 5) is 0. The van der Waals surface area contributed by atoms with Gasteiger partial charge in [-0.15, -0.1) is 0 Å². The van der Waals surface area contributed by atoms with Gasteiger partial charge in [0.15, 0.2) is 0 Å². The summed E-state index contributed by atoms with van der Waals surface area (Å²) in [6.45, 7) is 5.97. The van der Waals surface area contributed by atoms with Crippen LogP contribution in [-0.4, -0.2) is 24.2 Å². The summed E-state index contributed by atoms with van der Waals surface area (Å²) >= 11 is 1.99. The summed E-state index contributed by atoms with van der Waals surface area (Å²) in [7, 11) is 0. The van der Waals surface area contributed by atoms with Gasteiger partial charge in [0.1, 0.15) is 0 Å². The van der Waals surface area contributed by atoms with Crippen LogP contribution in [0.1, 0.15) is 13.8 Å². The predicted molar refractivity (Wildman–Crippen MR) is 55.6 cm³/mol. The maximum Gasteiger partial charge on any atom is 0.0679 e. The Morgan fingerprint density at radius 3 is 2.58 bits per heavy atom. The van der Waals surface area contributed by atoms with Crippen LogP contribution in [0.5, 0.6) is 0 Å². The summed E-state index contributed by atoms with van der Waals surface area (Å²) in [6.07, 6.45) is 6.56. The van der Waals surface area contributed by atoms with E-state index in [0.717, 1.165) is 18.5 Å². The van der Waals surface area contributed by atoms with Gasteiger partial charge in [-0.25, -0.2) is 0 Å². The van der Waals surface area contributed by atoms with Crippen LogP contribution in [-0.2, 0) is 4.74 Å². The SMILES string of the molecule is CC1=CCOC1.CC1C=CCS1. The Bertz CT molecular complexity index is 184. The summed E-state index contributed by atoms with van der Waals surface area (Å²) in [5.41, 5.74) is 1.36. The minimum atomic E-state index is 0.782. The Hall–Kier alpha value is -0.210. The van der Waals surface area contributed by atoms with Crippen LogP contribution in [0.4, 0.5) is 0 Å². The lowest BCUT2D eigenvalue weighted by Gasteiger charge is -1.89. The molecule has 0 saturated carbocycles. The van der Waals surface area contributed by atoms with E-state index in [-0.39, 0.29) is 0 Å². The van der Waals surface area contributed by atoms with Gasteiger partial charge >= 0.3 is 0 Å². The van der Waals surface area contributed by atoms with Crippen LogP contribution >= 0.6 is 11.8 Å². The van der Waals surface area contributed by atoms with Crippen LogP contribution in [0.3, 0.4) is 0 Å². The molecule has 68 valence electrons. The smallest absolute Gasteiger partial charge is 0.0679 e. The molecule has 12 heavy (non-hydrogen) atoms. The molecule has 0 aliphatic carbocycles. The minimum Gasteiger partial charge on any atom is -0.373 e. The standard InChI is InChI=1S/C5H8O.C5H8S/c1-5-2-3-6-4-5;1-5-3-2-4-6-5/h2H,3-4H2,1H3;2-3,5H,4H2,1H3. The summed E-state index contributed by atoms with van der Waals surface area (Å²) in [6, 6.07) is 0. The van der Waals surface area contributed by atoms with Gasteiger partial charge in [0.05, 0.1) is 13.2 Å². The molecule has 2 heterocycles. The molecule has 2 aliphatic heterocycles. The van der Waals surface area contributed by atoms with Gasteiger partial charge in [0.25, 0.3) is 0 Å². The van der Waals surface area contributed by atoms with E-state index < -0.39 is 0 Å². The fraction of sp³-hybridized carbons (Fsp3) is 0.600. The molecule has 0 saturated heterocycles. The topological polar surface area (TPSA) is 9.23 Å². The van der Waals surface area contributed by atoms with Crippen LogP contribution in [0.25, 0.3) is 0 Å². The monoisotopic (exact) mass is 184 g/mol. The average molecular weight is 184 g/mol. The van der Waals surface area contributed by atoms with Gasteiger partial charge in [0.2, 0.25) is 0 Å². The second-order valence-corrected chi connectivity index (χ2v) is 4.44. The Labute approximate surface area is 78.9 Å². The van der Waals surface area contributed by atoms with Crippen molar-refractivity contribution in [1.82, 2.24) is 0 Å². The van der Waals surface area contributed by atoms with E-state index in [2.05, 4.69) is 32.1 Å². The number of rotatable bonds is 0. The third-order valence-corrected chi connectivity index (χ3v) is 2.81. The molecule has 1 atom stereocenters. The van der Waals surface area contributed by atoms with Gasteiger partial charge in [-0.05, 0) is 19.4 Å². The second kappa shape index (κ2) is 5.44. The fourth-order valence-electron chi connectivity index (χ4n) is 0.990. The van der Waals surface area contributed by atoms with E-state index in [0.29, 0.717) is 0 Å². The van der Waals surface area contributed by atoms with Crippen molar-refractivity contribution in [2.24, 2.45) is 0 Å².